The van der Waals surface area contributed by atoms with Crippen LogP contribution < -0.4 is 10.1 Å². The molecule has 0 heterocycles. The van der Waals surface area contributed by atoms with Gasteiger partial charge in [0.1, 0.15) is 17.4 Å². The van der Waals surface area contributed by atoms with Crippen molar-refractivity contribution < 1.29 is 18.3 Å². The van der Waals surface area contributed by atoms with Gasteiger partial charge >= 0.3 is 0 Å². The van der Waals surface area contributed by atoms with Gasteiger partial charge in [-0.25, -0.2) is 8.78 Å². The number of rotatable bonds is 7. The number of carbonyl (C=O) groups is 1. The molecule has 0 radical (unpaired) electrons. The summed E-state index contributed by atoms with van der Waals surface area (Å²) in [6.07, 6.45) is 0.600. The fourth-order valence-electron chi connectivity index (χ4n) is 2.40. The van der Waals surface area contributed by atoms with Gasteiger partial charge in [0.05, 0.1) is 13.0 Å². The lowest BCUT2D eigenvalue weighted by Gasteiger charge is -2.10. The largest absolute Gasteiger partial charge is 0.493 e. The van der Waals surface area contributed by atoms with Crippen LogP contribution in [0.3, 0.4) is 0 Å². The highest BCUT2D eigenvalue weighted by atomic mass is 19.1. The van der Waals surface area contributed by atoms with Crippen LogP contribution >= 0.6 is 0 Å². The Morgan fingerprint density at radius 2 is 1.79 bits per heavy atom. The molecule has 0 unspecified atom stereocenters. The molecule has 0 atom stereocenters. The summed E-state index contributed by atoms with van der Waals surface area (Å²) < 4.78 is 31.7. The highest BCUT2D eigenvalue weighted by Gasteiger charge is 2.05. The Kier molecular flexibility index (Phi) is 6.29. The zero-order chi connectivity index (χ0) is 17.5. The summed E-state index contributed by atoms with van der Waals surface area (Å²) in [5.41, 5.74) is 2.70. The van der Waals surface area contributed by atoms with Gasteiger partial charge < -0.3 is 10.1 Å². The number of ether oxygens (including phenoxy) is 1. The fraction of sp³-hybridized carbons (Fsp3) is 0.316. The molecule has 0 aliphatic carbocycles. The Hall–Kier alpha value is -2.43. The maximum Gasteiger partial charge on any atom is 0.223 e. The summed E-state index contributed by atoms with van der Waals surface area (Å²) in [7, 11) is 0. The van der Waals surface area contributed by atoms with E-state index in [1.807, 2.05) is 32.0 Å². The van der Waals surface area contributed by atoms with Crippen molar-refractivity contribution in [3.05, 3.63) is 64.7 Å². The lowest BCUT2D eigenvalue weighted by Crippen LogP contribution is -2.27. The molecule has 128 valence electrons. The molecule has 0 spiro atoms. The van der Waals surface area contributed by atoms with Crippen LogP contribution in [-0.2, 0) is 11.2 Å². The van der Waals surface area contributed by atoms with Crippen molar-refractivity contribution in [3.63, 3.8) is 0 Å². The first kappa shape index (κ1) is 17.9. The average molecular weight is 333 g/mol. The Bertz CT molecular complexity index is 696. The lowest BCUT2D eigenvalue weighted by atomic mass is 10.1. The number of hydrogen-bond donors (Lipinski definition) is 1. The highest BCUT2D eigenvalue weighted by Crippen LogP contribution is 2.18. The standard InChI is InChI=1S/C19H21F2NO2/c1-13-3-4-18(14(2)9-13)24-8-6-19(23)22-7-5-15-10-16(20)12-17(21)11-15/h3-4,9-12H,5-8H2,1-2H3,(H,22,23). The minimum atomic E-state index is -0.613. The zero-order valence-electron chi connectivity index (χ0n) is 13.9. The summed E-state index contributed by atoms with van der Waals surface area (Å²) in [6.45, 7) is 4.57. The second-order valence-corrected chi connectivity index (χ2v) is 5.75. The third kappa shape index (κ3) is 5.65. The molecule has 2 aromatic carbocycles. The van der Waals surface area contributed by atoms with Crippen molar-refractivity contribution >= 4 is 5.91 Å². The van der Waals surface area contributed by atoms with E-state index in [2.05, 4.69) is 5.32 Å². The van der Waals surface area contributed by atoms with E-state index < -0.39 is 11.6 Å². The fourth-order valence-corrected chi connectivity index (χ4v) is 2.40. The quantitative estimate of drug-likeness (QED) is 0.839. The number of hydrogen-bond acceptors (Lipinski definition) is 2. The van der Waals surface area contributed by atoms with Crippen LogP contribution in [0.1, 0.15) is 23.1 Å². The molecule has 24 heavy (non-hydrogen) atoms. The third-order valence-corrected chi connectivity index (χ3v) is 3.58. The van der Waals surface area contributed by atoms with E-state index >= 15 is 0 Å². The van der Waals surface area contributed by atoms with Gasteiger partial charge in [-0.3, -0.25) is 4.79 Å². The van der Waals surface area contributed by atoms with Crippen LogP contribution in [0.4, 0.5) is 8.78 Å². The van der Waals surface area contributed by atoms with E-state index in [-0.39, 0.29) is 18.9 Å². The van der Waals surface area contributed by atoms with Crippen LogP contribution in [0, 0.1) is 25.5 Å². The Labute approximate surface area is 140 Å². The third-order valence-electron chi connectivity index (χ3n) is 3.58. The van der Waals surface area contributed by atoms with E-state index in [1.165, 1.54) is 12.1 Å². The SMILES string of the molecule is Cc1ccc(OCCC(=O)NCCc2cc(F)cc(F)c2)c(C)c1. The number of halogens is 2. The number of benzene rings is 2. The predicted octanol–water partition coefficient (Wildman–Crippen LogP) is 3.71. The molecular weight excluding hydrogens is 312 g/mol. The number of nitrogens with one attached hydrogen (secondary N) is 1. The molecule has 1 amide bonds. The molecule has 0 saturated carbocycles. The Morgan fingerprint density at radius 1 is 1.08 bits per heavy atom. The number of aryl methyl sites for hydroxylation is 2. The van der Waals surface area contributed by atoms with Crippen LogP contribution in [0.25, 0.3) is 0 Å². The van der Waals surface area contributed by atoms with E-state index in [9.17, 15) is 13.6 Å². The van der Waals surface area contributed by atoms with Gasteiger partial charge in [0.25, 0.3) is 0 Å². The topological polar surface area (TPSA) is 38.3 Å². The summed E-state index contributed by atoms with van der Waals surface area (Å²) >= 11 is 0. The molecule has 0 aliphatic rings. The normalized spacial score (nSPS) is 10.5. The summed E-state index contributed by atoms with van der Waals surface area (Å²) in [4.78, 5) is 11.8. The first-order valence-electron chi connectivity index (χ1n) is 7.86. The molecule has 0 saturated heterocycles. The van der Waals surface area contributed by atoms with E-state index in [0.29, 0.717) is 18.5 Å². The Balaban J connectivity index is 1.70. The van der Waals surface area contributed by atoms with E-state index in [1.54, 1.807) is 0 Å². The average Bonchev–Trinajstić information content (AvgIpc) is 2.48. The first-order valence-corrected chi connectivity index (χ1v) is 7.86. The van der Waals surface area contributed by atoms with Gasteiger partial charge in [0, 0.05) is 12.6 Å². The Morgan fingerprint density at radius 3 is 2.46 bits per heavy atom. The van der Waals surface area contributed by atoms with Crippen molar-refractivity contribution in [2.75, 3.05) is 13.2 Å². The minimum Gasteiger partial charge on any atom is -0.493 e. The lowest BCUT2D eigenvalue weighted by molar-refractivity contribution is -0.121. The molecule has 0 fully saturated rings. The minimum absolute atomic E-state index is 0.156. The first-order chi connectivity index (χ1) is 11.4. The molecule has 0 aliphatic heterocycles. The van der Waals surface area contributed by atoms with Gasteiger partial charge in [-0.05, 0) is 49.6 Å². The summed E-state index contributed by atoms with van der Waals surface area (Å²) in [5.74, 6) is -0.614. The number of amides is 1. The van der Waals surface area contributed by atoms with Crippen LogP contribution in [0.15, 0.2) is 36.4 Å². The van der Waals surface area contributed by atoms with Gasteiger partial charge in [-0.1, -0.05) is 17.7 Å². The van der Waals surface area contributed by atoms with Crippen LogP contribution in [-0.4, -0.2) is 19.1 Å². The predicted molar refractivity (Wildman–Crippen MR) is 89.1 cm³/mol. The van der Waals surface area contributed by atoms with Gasteiger partial charge in [-0.15, -0.1) is 0 Å². The molecule has 2 aromatic rings. The summed E-state index contributed by atoms with van der Waals surface area (Å²) in [6, 6.07) is 9.22. The highest BCUT2D eigenvalue weighted by molar-refractivity contribution is 5.76. The molecule has 2 rings (SSSR count). The maximum atomic E-state index is 13.1. The molecule has 0 bridgehead atoms. The van der Waals surface area contributed by atoms with Gasteiger partial charge in [-0.2, -0.15) is 0 Å². The molecule has 3 nitrogen and oxygen atoms in total. The molecule has 1 N–H and O–H groups in total. The van der Waals surface area contributed by atoms with Crippen molar-refractivity contribution in [1.29, 1.82) is 0 Å². The second-order valence-electron chi connectivity index (χ2n) is 5.75. The summed E-state index contributed by atoms with van der Waals surface area (Å²) in [5, 5.41) is 2.72. The van der Waals surface area contributed by atoms with E-state index in [4.69, 9.17) is 4.74 Å². The maximum absolute atomic E-state index is 13.1. The zero-order valence-corrected chi connectivity index (χ0v) is 13.9. The van der Waals surface area contributed by atoms with Crippen molar-refractivity contribution in [3.8, 4) is 5.75 Å². The van der Waals surface area contributed by atoms with Crippen molar-refractivity contribution in [2.45, 2.75) is 26.7 Å². The second kappa shape index (κ2) is 8.43. The van der Waals surface area contributed by atoms with Crippen LogP contribution in [0.2, 0.25) is 0 Å². The number of carbonyl (C=O) groups excluding carboxylic acids is 1. The monoisotopic (exact) mass is 333 g/mol. The van der Waals surface area contributed by atoms with Gasteiger partial charge in [0.15, 0.2) is 0 Å². The van der Waals surface area contributed by atoms with Crippen molar-refractivity contribution in [1.82, 2.24) is 5.32 Å². The van der Waals surface area contributed by atoms with E-state index in [0.717, 1.165) is 22.9 Å². The smallest absolute Gasteiger partial charge is 0.223 e. The molecular formula is C19H21F2NO2. The van der Waals surface area contributed by atoms with Crippen molar-refractivity contribution in [2.24, 2.45) is 0 Å². The molecule has 5 heteroatoms. The van der Waals surface area contributed by atoms with Gasteiger partial charge in [0.2, 0.25) is 5.91 Å². The van der Waals surface area contributed by atoms with Crippen LogP contribution in [0.5, 0.6) is 5.75 Å². The molecule has 0 aromatic heterocycles.